The zero-order chi connectivity index (χ0) is 13.2. The lowest BCUT2D eigenvalue weighted by Gasteiger charge is -2.24. The molecule has 1 saturated heterocycles. The first kappa shape index (κ1) is 12.9. The predicted molar refractivity (Wildman–Crippen MR) is 73.7 cm³/mol. The van der Waals surface area contributed by atoms with E-state index in [9.17, 15) is 0 Å². The fourth-order valence-corrected chi connectivity index (χ4v) is 3.08. The number of fused-ring (bicyclic) bond motifs is 1. The second-order valence-corrected chi connectivity index (χ2v) is 5.30. The molecule has 1 atom stereocenters. The summed E-state index contributed by atoms with van der Waals surface area (Å²) in [6, 6.07) is 2.24. The van der Waals surface area contributed by atoms with Crippen molar-refractivity contribution in [2.24, 2.45) is 0 Å². The van der Waals surface area contributed by atoms with Gasteiger partial charge < -0.3 is 19.5 Å². The normalized spacial score (nSPS) is 21.5. The van der Waals surface area contributed by atoms with E-state index in [1.54, 1.807) is 13.2 Å². The molecule has 1 N–H and O–H groups in total. The summed E-state index contributed by atoms with van der Waals surface area (Å²) in [6.07, 6.45) is 3.24. The molecule has 2 aliphatic rings. The van der Waals surface area contributed by atoms with E-state index < -0.39 is 0 Å². The lowest BCUT2D eigenvalue weighted by molar-refractivity contribution is 0.168. The molecule has 1 aromatic carbocycles. The summed E-state index contributed by atoms with van der Waals surface area (Å²) >= 11 is 6.27. The number of hydrogen-bond donors (Lipinski definition) is 1. The van der Waals surface area contributed by atoms with Crippen molar-refractivity contribution >= 4 is 11.6 Å². The van der Waals surface area contributed by atoms with Gasteiger partial charge in [-0.2, -0.15) is 0 Å². The Bertz CT molecular complexity index is 472. The van der Waals surface area contributed by atoms with Crippen LogP contribution in [0.3, 0.4) is 0 Å². The Labute approximate surface area is 118 Å². The predicted octanol–water partition coefficient (Wildman–Crippen LogP) is 2.41. The van der Waals surface area contributed by atoms with E-state index in [0.29, 0.717) is 30.0 Å². The van der Waals surface area contributed by atoms with Crippen molar-refractivity contribution in [1.29, 1.82) is 0 Å². The monoisotopic (exact) mass is 283 g/mol. The molecule has 3 rings (SSSR count). The van der Waals surface area contributed by atoms with E-state index in [-0.39, 0.29) is 0 Å². The largest absolute Gasteiger partial charge is 0.495 e. The van der Waals surface area contributed by atoms with Crippen LogP contribution in [0.4, 0.5) is 0 Å². The highest BCUT2D eigenvalue weighted by atomic mass is 35.5. The van der Waals surface area contributed by atoms with E-state index in [4.69, 9.17) is 25.8 Å². The lowest BCUT2D eigenvalue weighted by atomic mass is 10.0. The van der Waals surface area contributed by atoms with Crippen molar-refractivity contribution in [1.82, 2.24) is 5.32 Å². The maximum absolute atomic E-state index is 6.27. The maximum atomic E-state index is 6.27. The number of benzene rings is 1. The number of nitrogens with one attached hydrogen (secondary N) is 1. The van der Waals surface area contributed by atoms with E-state index in [1.807, 2.05) is 0 Å². The third kappa shape index (κ3) is 2.47. The van der Waals surface area contributed by atoms with Crippen LogP contribution in [0.1, 0.15) is 18.4 Å². The van der Waals surface area contributed by atoms with Gasteiger partial charge in [0.1, 0.15) is 19.0 Å². The summed E-state index contributed by atoms with van der Waals surface area (Å²) in [5.41, 5.74) is 1.02. The summed E-state index contributed by atoms with van der Waals surface area (Å²) < 4.78 is 16.9. The second-order valence-electron chi connectivity index (χ2n) is 4.89. The van der Waals surface area contributed by atoms with Gasteiger partial charge in [0.25, 0.3) is 0 Å². The molecule has 5 heteroatoms. The molecule has 0 spiro atoms. The van der Waals surface area contributed by atoms with Crippen molar-refractivity contribution < 1.29 is 14.2 Å². The molecule has 0 aliphatic carbocycles. The Morgan fingerprint density at radius 1 is 1.42 bits per heavy atom. The van der Waals surface area contributed by atoms with Crippen LogP contribution in [0, 0.1) is 0 Å². The smallest absolute Gasteiger partial charge is 0.168 e. The third-order valence-electron chi connectivity index (χ3n) is 3.65. The van der Waals surface area contributed by atoms with Crippen LogP contribution in [0.2, 0.25) is 5.02 Å². The summed E-state index contributed by atoms with van der Waals surface area (Å²) in [7, 11) is 1.64. The molecule has 2 aliphatic heterocycles. The molecule has 1 fully saturated rings. The van der Waals surface area contributed by atoms with Crippen LogP contribution in [0.25, 0.3) is 0 Å². The van der Waals surface area contributed by atoms with Crippen molar-refractivity contribution in [3.05, 3.63) is 16.7 Å². The zero-order valence-corrected chi connectivity index (χ0v) is 11.8. The molecule has 0 radical (unpaired) electrons. The van der Waals surface area contributed by atoms with Crippen LogP contribution in [-0.4, -0.2) is 32.9 Å². The fraction of sp³-hybridized carbons (Fsp3) is 0.571. The number of ether oxygens (including phenoxy) is 3. The third-order valence-corrected chi connectivity index (χ3v) is 3.93. The minimum atomic E-state index is 0.460. The van der Waals surface area contributed by atoms with Crippen molar-refractivity contribution in [2.75, 3.05) is 26.9 Å². The molecule has 104 valence electrons. The average Bonchev–Trinajstić information content (AvgIpc) is 2.92. The first-order chi connectivity index (χ1) is 9.29. The summed E-state index contributed by atoms with van der Waals surface area (Å²) in [5, 5.41) is 4.07. The van der Waals surface area contributed by atoms with Crippen molar-refractivity contribution in [2.45, 2.75) is 25.3 Å². The van der Waals surface area contributed by atoms with Crippen molar-refractivity contribution in [3.8, 4) is 17.2 Å². The molecule has 4 nitrogen and oxygen atoms in total. The van der Waals surface area contributed by atoms with Gasteiger partial charge in [0.05, 0.1) is 12.1 Å². The molecule has 2 heterocycles. The summed E-state index contributed by atoms with van der Waals surface area (Å²) in [5.74, 6) is 2.23. The molecule has 0 amide bonds. The molecule has 0 saturated carbocycles. The number of hydrogen-bond acceptors (Lipinski definition) is 4. The Morgan fingerprint density at radius 3 is 3.00 bits per heavy atom. The van der Waals surface area contributed by atoms with Gasteiger partial charge in [-0.1, -0.05) is 11.6 Å². The second kappa shape index (κ2) is 5.47. The molecular formula is C14H18ClNO3. The van der Waals surface area contributed by atoms with E-state index in [1.165, 1.54) is 12.8 Å². The molecule has 1 aromatic rings. The fourth-order valence-electron chi connectivity index (χ4n) is 2.79. The van der Waals surface area contributed by atoms with Gasteiger partial charge in [-0.15, -0.1) is 0 Å². The standard InChI is InChI=1S/C14H18ClNO3/c1-17-13-10(7-9-3-2-4-16-9)14-12(8-11(13)15)18-5-6-19-14/h8-9,16H,2-7H2,1H3. The topological polar surface area (TPSA) is 39.7 Å². The molecule has 0 bridgehead atoms. The lowest BCUT2D eigenvalue weighted by Crippen LogP contribution is -2.25. The zero-order valence-electron chi connectivity index (χ0n) is 11.0. The van der Waals surface area contributed by atoms with E-state index >= 15 is 0 Å². The molecular weight excluding hydrogens is 266 g/mol. The minimum Gasteiger partial charge on any atom is -0.495 e. The van der Waals surface area contributed by atoms with Gasteiger partial charge in [-0.25, -0.2) is 0 Å². The van der Waals surface area contributed by atoms with Gasteiger partial charge >= 0.3 is 0 Å². The van der Waals surface area contributed by atoms with Gasteiger partial charge in [0.15, 0.2) is 11.5 Å². The Morgan fingerprint density at radius 2 is 2.26 bits per heavy atom. The van der Waals surface area contributed by atoms with Crippen LogP contribution in [-0.2, 0) is 6.42 Å². The Hall–Kier alpha value is -1.13. The molecule has 1 unspecified atom stereocenters. The summed E-state index contributed by atoms with van der Waals surface area (Å²) in [6.45, 7) is 2.22. The highest BCUT2D eigenvalue weighted by Gasteiger charge is 2.26. The van der Waals surface area contributed by atoms with E-state index in [2.05, 4.69) is 5.32 Å². The SMILES string of the molecule is COc1c(Cl)cc2c(c1CC1CCCN1)OCCO2. The van der Waals surface area contributed by atoms with Crippen LogP contribution in [0.15, 0.2) is 6.07 Å². The summed E-state index contributed by atoms with van der Waals surface area (Å²) in [4.78, 5) is 0. The highest BCUT2D eigenvalue weighted by molar-refractivity contribution is 6.32. The maximum Gasteiger partial charge on any atom is 0.168 e. The van der Waals surface area contributed by atoms with E-state index in [0.717, 1.165) is 30.0 Å². The van der Waals surface area contributed by atoms with Crippen LogP contribution >= 0.6 is 11.6 Å². The number of halogens is 1. The quantitative estimate of drug-likeness (QED) is 0.925. The first-order valence-electron chi connectivity index (χ1n) is 6.68. The minimum absolute atomic E-state index is 0.460. The van der Waals surface area contributed by atoms with Gasteiger partial charge in [-0.05, 0) is 25.8 Å². The van der Waals surface area contributed by atoms with Gasteiger partial charge in [-0.3, -0.25) is 0 Å². The van der Waals surface area contributed by atoms with Crippen LogP contribution in [0.5, 0.6) is 17.2 Å². The van der Waals surface area contributed by atoms with Gasteiger partial charge in [0.2, 0.25) is 0 Å². The van der Waals surface area contributed by atoms with Crippen LogP contribution < -0.4 is 19.5 Å². The number of methoxy groups -OCH3 is 1. The first-order valence-corrected chi connectivity index (χ1v) is 7.05. The average molecular weight is 284 g/mol. The molecule has 0 aromatic heterocycles. The number of rotatable bonds is 3. The Kier molecular flexibility index (Phi) is 3.71. The molecule has 19 heavy (non-hydrogen) atoms. The Balaban J connectivity index is 2.00. The van der Waals surface area contributed by atoms with Gasteiger partial charge in [0, 0.05) is 17.7 Å². The highest BCUT2D eigenvalue weighted by Crippen LogP contribution is 2.45. The van der Waals surface area contributed by atoms with Crippen molar-refractivity contribution in [3.63, 3.8) is 0 Å².